The van der Waals surface area contributed by atoms with Crippen LogP contribution in [0.1, 0.15) is 62.0 Å². The van der Waals surface area contributed by atoms with Crippen molar-refractivity contribution in [3.8, 4) is 5.75 Å². The predicted octanol–water partition coefficient (Wildman–Crippen LogP) is 6.50. The van der Waals surface area contributed by atoms with Crippen LogP contribution in [0.5, 0.6) is 5.75 Å². The summed E-state index contributed by atoms with van der Waals surface area (Å²) in [6, 6.07) is 10.5. The molecule has 0 saturated carbocycles. The van der Waals surface area contributed by atoms with Gasteiger partial charge in [-0.15, -0.1) is 11.8 Å². The van der Waals surface area contributed by atoms with Crippen LogP contribution in [0, 0.1) is 6.92 Å². The number of fused-ring (bicyclic) bond motifs is 2. The number of H-pyrrole nitrogens is 1. The Balaban J connectivity index is 1.28. The second-order valence-corrected chi connectivity index (χ2v) is 14.2. The van der Waals surface area contributed by atoms with E-state index < -0.39 is 0 Å². The van der Waals surface area contributed by atoms with Gasteiger partial charge in [0.05, 0.1) is 35.7 Å². The topological polar surface area (TPSA) is 121 Å². The molecule has 6 rings (SSSR count). The fourth-order valence-electron chi connectivity index (χ4n) is 6.11. The summed E-state index contributed by atoms with van der Waals surface area (Å²) in [5.41, 5.74) is 5.04. The Bertz CT molecular complexity index is 1700. The van der Waals surface area contributed by atoms with E-state index in [0.717, 1.165) is 66.2 Å². The van der Waals surface area contributed by atoms with Gasteiger partial charge >= 0.3 is 0 Å². The van der Waals surface area contributed by atoms with Crippen molar-refractivity contribution in [3.63, 3.8) is 0 Å². The molecule has 1 fully saturated rings. The number of nitrogens with zero attached hydrogens (tertiary/aromatic N) is 5. The fraction of sp³-hybridized carbons (Fsp3) is 0.471. The number of carbonyl (C=O) groups excluding carboxylic acids is 1. The van der Waals surface area contributed by atoms with Gasteiger partial charge in [-0.05, 0) is 69.0 Å². The van der Waals surface area contributed by atoms with Crippen LogP contribution in [0.4, 0.5) is 23.1 Å². The molecule has 2 aliphatic heterocycles. The minimum Gasteiger partial charge on any atom is -0.489 e. The van der Waals surface area contributed by atoms with E-state index in [2.05, 4.69) is 64.7 Å². The smallest absolute Gasteiger partial charge is 0.254 e. The number of ether oxygens (including phenoxy) is 2. The monoisotopic (exact) mass is 644 g/mol. The number of likely N-dealkylation sites (tertiary alicyclic amines) is 1. The van der Waals surface area contributed by atoms with Gasteiger partial charge in [-0.1, -0.05) is 19.9 Å². The van der Waals surface area contributed by atoms with Crippen LogP contribution in [0.3, 0.4) is 0 Å². The highest BCUT2D eigenvalue weighted by atomic mass is 32.2. The molecule has 3 N–H and O–H groups in total. The van der Waals surface area contributed by atoms with Gasteiger partial charge in [-0.25, -0.2) is 0 Å². The summed E-state index contributed by atoms with van der Waals surface area (Å²) in [6.45, 7) is 14.6. The van der Waals surface area contributed by atoms with Crippen LogP contribution in [-0.2, 0) is 11.3 Å². The third-order valence-corrected chi connectivity index (χ3v) is 9.40. The van der Waals surface area contributed by atoms with Gasteiger partial charge in [0.25, 0.3) is 5.91 Å². The fourth-order valence-corrected chi connectivity index (χ4v) is 7.00. The maximum absolute atomic E-state index is 13.8. The van der Waals surface area contributed by atoms with E-state index in [1.807, 2.05) is 30.9 Å². The first-order valence-corrected chi connectivity index (χ1v) is 16.9. The first-order valence-electron chi connectivity index (χ1n) is 16.1. The number of rotatable bonds is 12. The van der Waals surface area contributed by atoms with E-state index in [-0.39, 0.29) is 18.1 Å². The zero-order chi connectivity index (χ0) is 32.4. The molecule has 1 saturated heterocycles. The number of carbonyl (C=O) groups is 1. The summed E-state index contributed by atoms with van der Waals surface area (Å²) in [4.78, 5) is 29.0. The number of amides is 1. The molecule has 46 heavy (non-hydrogen) atoms. The van der Waals surface area contributed by atoms with E-state index in [1.54, 1.807) is 25.1 Å². The van der Waals surface area contributed by atoms with E-state index >= 15 is 0 Å². The lowest BCUT2D eigenvalue weighted by atomic mass is 10.0. The number of hydrogen-bond acceptors (Lipinski definition) is 10. The predicted molar refractivity (Wildman–Crippen MR) is 184 cm³/mol. The number of aryl methyl sites for hydroxylation is 1. The first kappa shape index (κ1) is 32.1. The molecule has 2 aromatic heterocycles. The van der Waals surface area contributed by atoms with E-state index in [1.165, 1.54) is 0 Å². The number of hydrogen-bond donors (Lipinski definition) is 3. The van der Waals surface area contributed by atoms with E-state index in [0.29, 0.717) is 46.2 Å². The second-order valence-electron chi connectivity index (χ2n) is 12.6. The Labute approximate surface area is 274 Å². The minimum atomic E-state index is -0.0605. The molecular weight excluding hydrogens is 600 g/mol. The molecule has 0 aliphatic carbocycles. The van der Waals surface area contributed by atoms with Crippen molar-refractivity contribution in [1.29, 1.82) is 0 Å². The van der Waals surface area contributed by atoms with Gasteiger partial charge in [0.2, 0.25) is 5.95 Å². The Hall–Kier alpha value is -3.87. The molecule has 2 aliphatic rings. The average Bonchev–Trinajstić information content (AvgIpc) is 3.62. The van der Waals surface area contributed by atoms with Crippen LogP contribution in [0.2, 0.25) is 0 Å². The molecule has 244 valence electrons. The summed E-state index contributed by atoms with van der Waals surface area (Å²) in [5, 5.41) is 15.4. The molecule has 0 bridgehead atoms. The van der Waals surface area contributed by atoms with Gasteiger partial charge in [0.1, 0.15) is 11.6 Å². The van der Waals surface area contributed by atoms with Crippen molar-refractivity contribution in [3.05, 3.63) is 53.2 Å². The van der Waals surface area contributed by atoms with Crippen LogP contribution in [0.15, 0.2) is 41.4 Å². The lowest BCUT2D eigenvalue weighted by Gasteiger charge is -2.36. The molecule has 4 aromatic rings. The summed E-state index contributed by atoms with van der Waals surface area (Å²) >= 11 is 1.79. The summed E-state index contributed by atoms with van der Waals surface area (Å²) < 4.78 is 11.5. The van der Waals surface area contributed by atoms with Crippen molar-refractivity contribution < 1.29 is 14.3 Å². The van der Waals surface area contributed by atoms with Crippen molar-refractivity contribution in [2.45, 2.75) is 76.3 Å². The van der Waals surface area contributed by atoms with Crippen molar-refractivity contribution >= 4 is 51.8 Å². The highest BCUT2D eigenvalue weighted by molar-refractivity contribution is 8.00. The molecular formula is C34H44N8O3S. The number of benzene rings is 2. The number of aromatic nitrogens is 4. The maximum Gasteiger partial charge on any atom is 0.254 e. The number of thioether (sulfide) groups is 1. The van der Waals surface area contributed by atoms with E-state index in [4.69, 9.17) is 19.4 Å². The summed E-state index contributed by atoms with van der Waals surface area (Å²) in [7, 11) is 1.74. The van der Waals surface area contributed by atoms with Crippen molar-refractivity contribution in [2.24, 2.45) is 0 Å². The molecule has 0 unspecified atom stereocenters. The van der Waals surface area contributed by atoms with Crippen LogP contribution >= 0.6 is 11.8 Å². The Morgan fingerprint density at radius 2 is 1.87 bits per heavy atom. The number of nitrogens with one attached hydrogen (secondary N) is 3. The zero-order valence-corrected chi connectivity index (χ0v) is 28.3. The van der Waals surface area contributed by atoms with Gasteiger partial charge in [0, 0.05) is 55.0 Å². The molecule has 1 amide bonds. The lowest BCUT2D eigenvalue weighted by Crippen LogP contribution is -2.45. The molecule has 0 atom stereocenters. The number of piperidine rings is 1. The average molecular weight is 645 g/mol. The normalized spacial score (nSPS) is 15.7. The molecule has 0 spiro atoms. The highest BCUT2D eigenvalue weighted by Gasteiger charge is 2.35. The Morgan fingerprint density at radius 1 is 1.07 bits per heavy atom. The zero-order valence-electron chi connectivity index (χ0n) is 27.5. The Morgan fingerprint density at radius 3 is 2.61 bits per heavy atom. The molecule has 4 heterocycles. The third-order valence-electron chi connectivity index (χ3n) is 8.32. The van der Waals surface area contributed by atoms with Crippen LogP contribution < -0.4 is 15.4 Å². The number of anilines is 4. The number of aromatic amines is 1. The van der Waals surface area contributed by atoms with Crippen molar-refractivity contribution in [1.82, 2.24) is 30.0 Å². The summed E-state index contributed by atoms with van der Waals surface area (Å²) in [6.07, 6.45) is 3.58. The van der Waals surface area contributed by atoms with Gasteiger partial charge in [-0.2, -0.15) is 15.1 Å². The second kappa shape index (κ2) is 13.9. The molecule has 11 nitrogen and oxygen atoms in total. The van der Waals surface area contributed by atoms with Crippen molar-refractivity contribution in [2.75, 3.05) is 44.0 Å². The summed E-state index contributed by atoms with van der Waals surface area (Å²) in [5.74, 6) is 1.72. The van der Waals surface area contributed by atoms with Gasteiger partial charge < -0.3 is 29.9 Å². The standard InChI is InChI=1S/C34H44N8O3S/c1-20(2)45-29-16-23-19-42(24-9-11-41(12-10-24)13-14-44-6)33(43)25(23)17-27(29)37-34-38-31(26-18-35-40-32(26)39-34)36-28-15-22(5)7-8-30(28)46-21(3)4/h7-8,15-18,20-21,24H,9-14,19H2,1-6H3,(H3,35,36,37,38,39,40). The SMILES string of the molecule is COCCN1CCC(N2Cc3cc(OC(C)C)c(Nc4nc(Nc5cc(C)ccc5SC(C)C)c5cn[nH]c5n4)cc3C2=O)CC1. The largest absolute Gasteiger partial charge is 0.489 e. The highest BCUT2D eigenvalue weighted by Crippen LogP contribution is 2.38. The Kier molecular flexibility index (Phi) is 9.67. The van der Waals surface area contributed by atoms with Gasteiger partial charge in [0.15, 0.2) is 5.65 Å². The van der Waals surface area contributed by atoms with Gasteiger partial charge in [-0.3, -0.25) is 9.89 Å². The number of methoxy groups -OCH3 is 1. The quantitative estimate of drug-likeness (QED) is 0.147. The third kappa shape index (κ3) is 7.08. The minimum absolute atomic E-state index is 0.0605. The molecule has 0 radical (unpaired) electrons. The molecule has 2 aromatic carbocycles. The molecule has 12 heteroatoms. The van der Waals surface area contributed by atoms with E-state index in [9.17, 15) is 4.79 Å². The van der Waals surface area contributed by atoms with Crippen LogP contribution in [-0.4, -0.2) is 86.6 Å². The maximum atomic E-state index is 13.8. The van der Waals surface area contributed by atoms with Crippen LogP contribution in [0.25, 0.3) is 11.0 Å². The first-order chi connectivity index (χ1) is 22.2. The lowest BCUT2D eigenvalue weighted by molar-refractivity contribution is 0.0564.